The molecule has 1 N–H and O–H groups in total. The maximum absolute atomic E-state index is 11.7. The highest BCUT2D eigenvalue weighted by atomic mass is 31.2. The van der Waals surface area contributed by atoms with E-state index in [1.54, 1.807) is 6.92 Å². The molecule has 8 heteroatoms. The van der Waals surface area contributed by atoms with Crippen LogP contribution in [0.5, 0.6) is 0 Å². The molecule has 148 valence electrons. The maximum Gasteiger partial charge on any atom is 0.472 e. The number of phosphoric acid groups is 1. The molecule has 0 radical (unpaired) electrons. The lowest BCUT2D eigenvalue weighted by Crippen LogP contribution is -2.48. The third-order valence-corrected chi connectivity index (χ3v) is 5.44. The highest BCUT2D eigenvalue weighted by molar-refractivity contribution is 7.47. The third-order valence-electron chi connectivity index (χ3n) is 4.42. The predicted molar refractivity (Wildman–Crippen MR) is 98.1 cm³/mol. The van der Waals surface area contributed by atoms with Gasteiger partial charge in [0.15, 0.2) is 0 Å². The molecule has 0 spiro atoms. The fourth-order valence-electron chi connectivity index (χ4n) is 2.44. The van der Waals surface area contributed by atoms with Gasteiger partial charge in [0.1, 0.15) is 0 Å². The second kappa shape index (κ2) is 12.6. The smallest absolute Gasteiger partial charge is 0.462 e. The van der Waals surface area contributed by atoms with E-state index in [2.05, 4.69) is 27.4 Å². The van der Waals surface area contributed by atoms with Gasteiger partial charge in [-0.25, -0.2) is 9.36 Å². The molecule has 0 aliphatic heterocycles. The quantitative estimate of drug-likeness (QED) is 0.154. The summed E-state index contributed by atoms with van der Waals surface area (Å²) < 4.78 is 27.5. The molecule has 0 saturated heterocycles. The van der Waals surface area contributed by atoms with Gasteiger partial charge in [0.25, 0.3) is 0 Å². The van der Waals surface area contributed by atoms with Gasteiger partial charge >= 0.3 is 13.8 Å². The molecule has 0 amide bonds. The Morgan fingerprint density at radius 1 is 1.00 bits per heavy atom. The SMILES string of the molecule is C=C(C)C(=O)OCCCOP(=O)(O)OCCCC[N+](CC)(CC)CC. The number of phosphoric ester groups is 1. The van der Waals surface area contributed by atoms with Crippen LogP contribution in [0.4, 0.5) is 0 Å². The summed E-state index contributed by atoms with van der Waals surface area (Å²) >= 11 is 0. The van der Waals surface area contributed by atoms with Crippen LogP contribution in [-0.4, -0.2) is 61.3 Å². The van der Waals surface area contributed by atoms with Gasteiger partial charge in [0, 0.05) is 12.0 Å². The van der Waals surface area contributed by atoms with Crippen LogP contribution >= 0.6 is 7.82 Å². The van der Waals surface area contributed by atoms with Gasteiger partial charge in [-0.1, -0.05) is 6.58 Å². The van der Waals surface area contributed by atoms with Crippen LogP contribution in [0, 0.1) is 0 Å². The van der Waals surface area contributed by atoms with E-state index in [9.17, 15) is 14.3 Å². The van der Waals surface area contributed by atoms with Gasteiger partial charge in [-0.3, -0.25) is 9.05 Å². The Balaban J connectivity index is 3.85. The molecule has 25 heavy (non-hydrogen) atoms. The van der Waals surface area contributed by atoms with Crippen LogP contribution in [0.3, 0.4) is 0 Å². The van der Waals surface area contributed by atoms with Crippen molar-refractivity contribution in [3.05, 3.63) is 12.2 Å². The molecule has 0 aliphatic carbocycles. The van der Waals surface area contributed by atoms with Crippen LogP contribution in [0.15, 0.2) is 12.2 Å². The number of carbonyl (C=O) groups excluding carboxylic acids is 1. The van der Waals surface area contributed by atoms with Gasteiger partial charge in [0.05, 0.1) is 46.0 Å². The first-order valence-corrected chi connectivity index (χ1v) is 10.5. The number of carbonyl (C=O) groups is 1. The van der Waals surface area contributed by atoms with Gasteiger partial charge in [-0.05, 0) is 40.5 Å². The second-order valence-electron chi connectivity index (χ2n) is 6.13. The number of nitrogens with zero attached hydrogens (tertiary/aromatic N) is 1. The highest BCUT2D eigenvalue weighted by Gasteiger charge is 2.22. The summed E-state index contributed by atoms with van der Waals surface area (Å²) in [7, 11) is -4.04. The van der Waals surface area contributed by atoms with E-state index in [-0.39, 0.29) is 19.8 Å². The van der Waals surface area contributed by atoms with Crippen molar-refractivity contribution in [2.45, 2.75) is 47.0 Å². The number of esters is 1. The topological polar surface area (TPSA) is 82.1 Å². The van der Waals surface area contributed by atoms with Gasteiger partial charge in [-0.2, -0.15) is 0 Å². The third kappa shape index (κ3) is 10.8. The summed E-state index contributed by atoms with van der Waals surface area (Å²) in [5, 5.41) is 0. The molecule has 0 fully saturated rings. The van der Waals surface area contributed by atoms with Crippen molar-refractivity contribution in [3.8, 4) is 0 Å². The number of hydrogen-bond acceptors (Lipinski definition) is 5. The molecule has 0 aromatic heterocycles. The minimum absolute atomic E-state index is 0.0151. The summed E-state index contributed by atoms with van der Waals surface area (Å²) in [5.41, 5.74) is 0.314. The van der Waals surface area contributed by atoms with Crippen LogP contribution in [0.1, 0.15) is 47.0 Å². The Bertz CT molecular complexity index is 442. The van der Waals surface area contributed by atoms with E-state index in [0.29, 0.717) is 18.4 Å². The van der Waals surface area contributed by atoms with Crippen molar-refractivity contribution in [1.29, 1.82) is 0 Å². The molecule has 1 unspecified atom stereocenters. The summed E-state index contributed by atoms with van der Waals surface area (Å²) in [4.78, 5) is 20.7. The number of ether oxygens (including phenoxy) is 1. The summed E-state index contributed by atoms with van der Waals surface area (Å²) in [6, 6.07) is 0. The molecule has 7 nitrogen and oxygen atoms in total. The normalized spacial score (nSPS) is 14.1. The van der Waals surface area contributed by atoms with Crippen LogP contribution < -0.4 is 0 Å². The number of unbranched alkanes of at least 4 members (excludes halogenated alkanes) is 1. The summed E-state index contributed by atoms with van der Waals surface area (Å²) in [5.74, 6) is -0.482. The van der Waals surface area contributed by atoms with Gasteiger partial charge in [0.2, 0.25) is 0 Å². The maximum atomic E-state index is 11.7. The minimum atomic E-state index is -4.04. The minimum Gasteiger partial charge on any atom is -0.462 e. The zero-order valence-corrected chi connectivity index (χ0v) is 17.1. The second-order valence-corrected chi connectivity index (χ2v) is 7.58. The largest absolute Gasteiger partial charge is 0.472 e. The van der Waals surface area contributed by atoms with Crippen LogP contribution in [-0.2, 0) is 23.1 Å². The van der Waals surface area contributed by atoms with Gasteiger partial charge < -0.3 is 14.1 Å². The lowest BCUT2D eigenvalue weighted by Gasteiger charge is -2.35. The van der Waals surface area contributed by atoms with E-state index in [1.807, 2.05) is 0 Å². The average Bonchev–Trinajstić information content (AvgIpc) is 2.58. The Kier molecular flexibility index (Phi) is 12.2. The molecular weight excluding hydrogens is 345 g/mol. The van der Waals surface area contributed by atoms with Crippen molar-refractivity contribution < 1.29 is 32.5 Å². The van der Waals surface area contributed by atoms with Crippen molar-refractivity contribution in [2.75, 3.05) is 46.0 Å². The van der Waals surface area contributed by atoms with E-state index >= 15 is 0 Å². The molecular formula is C17H35NO6P+. The Morgan fingerprint density at radius 2 is 1.52 bits per heavy atom. The number of quaternary nitrogens is 1. The fourth-order valence-corrected chi connectivity index (χ4v) is 3.23. The molecule has 0 bridgehead atoms. The first-order valence-electron chi connectivity index (χ1n) is 9.01. The zero-order chi connectivity index (χ0) is 19.3. The van der Waals surface area contributed by atoms with E-state index in [4.69, 9.17) is 13.8 Å². The molecule has 0 saturated carbocycles. The van der Waals surface area contributed by atoms with Crippen molar-refractivity contribution in [1.82, 2.24) is 0 Å². The van der Waals surface area contributed by atoms with E-state index in [1.165, 1.54) is 0 Å². The zero-order valence-electron chi connectivity index (χ0n) is 16.2. The Labute approximate surface area is 152 Å². The molecule has 0 heterocycles. The van der Waals surface area contributed by atoms with Gasteiger partial charge in [-0.15, -0.1) is 0 Å². The van der Waals surface area contributed by atoms with Crippen molar-refractivity contribution in [3.63, 3.8) is 0 Å². The monoisotopic (exact) mass is 380 g/mol. The predicted octanol–water partition coefficient (Wildman–Crippen LogP) is 3.29. The molecule has 0 rings (SSSR count). The van der Waals surface area contributed by atoms with Crippen LogP contribution in [0.25, 0.3) is 0 Å². The molecule has 1 atom stereocenters. The van der Waals surface area contributed by atoms with Crippen molar-refractivity contribution >= 4 is 13.8 Å². The Morgan fingerprint density at radius 3 is 2.00 bits per heavy atom. The lowest BCUT2D eigenvalue weighted by molar-refractivity contribution is -0.923. The van der Waals surface area contributed by atoms with Crippen molar-refractivity contribution in [2.24, 2.45) is 0 Å². The standard InChI is InChI=1S/C17H34NO6P/c1-6-18(7-2,8-3)12-9-10-14-23-25(20,21)24-15-11-13-22-17(19)16(4)5/h4,6-15H2,1-3,5H3/p+1. The highest BCUT2D eigenvalue weighted by Crippen LogP contribution is 2.43. The first kappa shape index (κ1) is 24.3. The fraction of sp³-hybridized carbons (Fsp3) is 0.824. The van der Waals surface area contributed by atoms with E-state index in [0.717, 1.165) is 37.1 Å². The van der Waals surface area contributed by atoms with E-state index < -0.39 is 13.8 Å². The lowest BCUT2D eigenvalue weighted by atomic mass is 10.2. The Hall–Kier alpha value is -0.720. The molecule has 0 aromatic carbocycles. The average molecular weight is 380 g/mol. The number of rotatable bonds is 15. The first-order chi connectivity index (χ1) is 11.7. The summed E-state index contributed by atoms with van der Waals surface area (Å²) in [6.07, 6.45) is 1.97. The summed E-state index contributed by atoms with van der Waals surface area (Å²) in [6.45, 7) is 16.2. The molecule has 0 aliphatic rings. The number of hydrogen-bond donors (Lipinski definition) is 1. The van der Waals surface area contributed by atoms with Crippen LogP contribution in [0.2, 0.25) is 0 Å². The molecule has 0 aromatic rings.